The van der Waals surface area contributed by atoms with Crippen LogP contribution in [0.15, 0.2) is 18.2 Å². The van der Waals surface area contributed by atoms with Gasteiger partial charge >= 0.3 is 12.4 Å². The Kier molecular flexibility index (Phi) is 11.8. The summed E-state index contributed by atoms with van der Waals surface area (Å²) in [7, 11) is -3.25. The third kappa shape index (κ3) is 10.0. The summed E-state index contributed by atoms with van der Waals surface area (Å²) in [6.07, 6.45) is -8.45. The Hall–Kier alpha value is -1.97. The normalized spacial score (nSPS) is 18.6. The summed E-state index contributed by atoms with van der Waals surface area (Å²) in [4.78, 5) is 17.3. The van der Waals surface area contributed by atoms with Crippen molar-refractivity contribution in [3.05, 3.63) is 29.6 Å². The van der Waals surface area contributed by atoms with Gasteiger partial charge in [0.1, 0.15) is 12.6 Å². The molecule has 1 aliphatic carbocycles. The van der Waals surface area contributed by atoms with E-state index in [2.05, 4.69) is 24.4 Å². The van der Waals surface area contributed by atoms with E-state index in [0.29, 0.717) is 36.0 Å². The molecule has 1 aromatic heterocycles. The largest absolute Gasteiger partial charge is 0.394 e. The molecule has 15 heteroatoms. The van der Waals surface area contributed by atoms with Crippen LogP contribution in [0.5, 0.6) is 0 Å². The fourth-order valence-electron chi connectivity index (χ4n) is 5.59. The Morgan fingerprint density at radius 3 is 2.17 bits per heavy atom. The van der Waals surface area contributed by atoms with Gasteiger partial charge in [-0.1, -0.05) is 46.5 Å². The molecule has 1 aromatic carbocycles. The molecule has 3 rings (SSSR count). The molecule has 268 valence electrons. The molecular weight excluding hydrogens is 663 g/mol. The van der Waals surface area contributed by atoms with Crippen molar-refractivity contribution < 1.29 is 40.1 Å². The number of halogens is 6. The molecule has 0 radical (unpaired) electrons. The molecule has 2 unspecified atom stereocenters. The minimum absolute atomic E-state index is 0.0521. The molecule has 1 aliphatic rings. The monoisotopic (exact) mass is 712 g/mol. The van der Waals surface area contributed by atoms with Gasteiger partial charge in [0.15, 0.2) is 0 Å². The summed E-state index contributed by atoms with van der Waals surface area (Å²) in [5, 5.41) is 0. The number of nitrogens with two attached hydrogens (primary N) is 1. The lowest BCUT2D eigenvalue weighted by Gasteiger charge is -2.33. The summed E-state index contributed by atoms with van der Waals surface area (Å²) in [5.74, 6) is -5.38. The second-order valence-corrected chi connectivity index (χ2v) is 23.4. The van der Waals surface area contributed by atoms with Gasteiger partial charge in [-0.2, -0.15) is 26.3 Å². The van der Waals surface area contributed by atoms with Crippen LogP contribution in [-0.4, -0.2) is 51.4 Å². The highest BCUT2D eigenvalue weighted by Gasteiger charge is 2.51. The predicted molar refractivity (Wildman–Crippen MR) is 175 cm³/mol. The van der Waals surface area contributed by atoms with Gasteiger partial charge in [0.25, 0.3) is 0 Å². The lowest BCUT2D eigenvalue weighted by molar-refractivity contribution is -0.215. The highest BCUT2D eigenvalue weighted by molar-refractivity contribution is 7.84. The van der Waals surface area contributed by atoms with Crippen LogP contribution in [0, 0.1) is 23.2 Å². The van der Waals surface area contributed by atoms with Crippen LogP contribution >= 0.6 is 0 Å². The average molecular weight is 713 g/mol. The van der Waals surface area contributed by atoms with E-state index < -0.39 is 77.7 Å². The van der Waals surface area contributed by atoms with Gasteiger partial charge in [-0.05, 0) is 75.6 Å². The minimum atomic E-state index is -4.65. The smallest absolute Gasteiger partial charge is 0.369 e. The van der Waals surface area contributed by atoms with Gasteiger partial charge in [0.2, 0.25) is 5.91 Å². The van der Waals surface area contributed by atoms with Gasteiger partial charge in [0.05, 0.1) is 50.1 Å². The van der Waals surface area contributed by atoms with Crippen molar-refractivity contribution in [3.8, 4) is 0 Å². The first-order chi connectivity index (χ1) is 21.2. The van der Waals surface area contributed by atoms with Gasteiger partial charge in [0, 0.05) is 14.7 Å². The van der Waals surface area contributed by atoms with E-state index in [4.69, 9.17) is 15.5 Å². The number of fused-ring (bicyclic) bond motifs is 1. The number of ether oxygens (including phenoxy) is 1. The first-order valence-electron chi connectivity index (χ1n) is 15.9. The molecule has 2 aromatic rings. The topological polar surface area (TPSA) is 99.2 Å². The zero-order valence-electron chi connectivity index (χ0n) is 28.7. The maximum atomic E-state index is 14.2. The molecule has 1 heterocycles. The van der Waals surface area contributed by atoms with Crippen molar-refractivity contribution in [1.29, 1.82) is 0 Å². The van der Waals surface area contributed by atoms with E-state index in [0.717, 1.165) is 26.8 Å². The predicted octanol–water partition coefficient (Wildman–Crippen LogP) is 8.21. The second-order valence-electron chi connectivity index (χ2n) is 15.8. The molecule has 47 heavy (non-hydrogen) atoms. The fraction of sp³-hybridized carbons (Fsp3) is 0.750. The summed E-state index contributed by atoms with van der Waals surface area (Å²) in [6.45, 7) is 15.1. The van der Waals surface area contributed by atoms with Crippen LogP contribution in [0.2, 0.25) is 25.7 Å². The number of alkyl halides is 6. The molecule has 0 aliphatic heterocycles. The Morgan fingerprint density at radius 2 is 1.70 bits per heavy atom. The van der Waals surface area contributed by atoms with E-state index >= 15 is 0 Å². The lowest BCUT2D eigenvalue weighted by Crippen LogP contribution is -2.41. The number of carbonyl (C=O) groups is 1. The Balaban J connectivity index is 2.20. The Bertz CT molecular complexity index is 1430. The zero-order valence-corrected chi connectivity index (χ0v) is 30.6. The number of hydrogen-bond donors (Lipinski definition) is 2. The molecule has 1 amide bonds. The number of benzene rings is 1. The van der Waals surface area contributed by atoms with Crippen LogP contribution in [0.25, 0.3) is 11.0 Å². The van der Waals surface area contributed by atoms with Crippen LogP contribution in [-0.2, 0) is 27.2 Å². The van der Waals surface area contributed by atoms with E-state index in [1.807, 2.05) is 0 Å². The number of hydrogen-bond acceptors (Lipinski definition) is 4. The molecule has 1 saturated carbocycles. The number of rotatable bonds is 15. The van der Waals surface area contributed by atoms with Crippen LogP contribution in [0.3, 0.4) is 0 Å². The Labute approximate surface area is 277 Å². The lowest BCUT2D eigenvalue weighted by atomic mass is 9.75. The molecule has 0 bridgehead atoms. The molecule has 1 fully saturated rings. The van der Waals surface area contributed by atoms with E-state index in [1.54, 1.807) is 43.5 Å². The van der Waals surface area contributed by atoms with Crippen molar-refractivity contribution in [2.24, 2.45) is 28.9 Å². The van der Waals surface area contributed by atoms with Gasteiger partial charge < -0.3 is 15.0 Å². The van der Waals surface area contributed by atoms with E-state index in [9.17, 15) is 35.3 Å². The maximum Gasteiger partial charge on any atom is 0.394 e. The summed E-state index contributed by atoms with van der Waals surface area (Å²) >= 11 is 0. The molecule has 3 N–H and O–H groups in total. The Morgan fingerprint density at radius 1 is 1.11 bits per heavy atom. The SMILES string of the molecule is CC(C(C(N)=O)[C@H](c1ccc2c(c1)nc([C@H](CC(C)(C)C(F)(F)F)N[S@](=O)C(C)(C)C)n2COCC[Si](C)(C)C)C1CC1)C(F)(F)F. The number of nitrogens with zero attached hydrogens (tertiary/aromatic N) is 2. The highest BCUT2D eigenvalue weighted by Crippen LogP contribution is 2.51. The summed E-state index contributed by atoms with van der Waals surface area (Å²) < 4.78 is 107. The van der Waals surface area contributed by atoms with Gasteiger partial charge in [-0.25, -0.2) is 13.9 Å². The molecule has 7 nitrogen and oxygen atoms in total. The third-order valence-corrected chi connectivity index (χ3v) is 12.2. The number of nitrogens with one attached hydrogen (secondary N) is 1. The van der Waals surface area contributed by atoms with Crippen LogP contribution in [0.1, 0.15) is 84.2 Å². The van der Waals surface area contributed by atoms with Crippen molar-refractivity contribution in [2.75, 3.05) is 6.61 Å². The standard InChI is InChI=1S/C32H50F6N4O3SSi/c1-19(31(33,34)35)25(27(39)43)26(20-10-11-20)21-12-13-24-22(16-21)40-28(42(24)18-45-14-15-47(7,8)9)23(41-46(44)29(2,3)4)17-30(5,6)32(36,37)38/h12-13,16,19-20,23,25-26,41H,10-11,14-15,17-18H2,1-9H3,(H2,39,43)/t19?,23-,25?,26-,46+/m0/s1. The number of aromatic nitrogens is 2. The quantitative estimate of drug-likeness (QED) is 0.111. The second kappa shape index (κ2) is 14.1. The maximum absolute atomic E-state index is 14.2. The molecule has 5 atom stereocenters. The van der Waals surface area contributed by atoms with Gasteiger partial charge in [-0.3, -0.25) is 4.79 Å². The average Bonchev–Trinajstić information content (AvgIpc) is 3.66. The number of primary amides is 1. The molecular formula is C32H50F6N4O3SSi. The van der Waals surface area contributed by atoms with Crippen molar-refractivity contribution in [1.82, 2.24) is 14.3 Å². The first kappa shape index (κ1) is 39.5. The number of amides is 1. The van der Waals surface area contributed by atoms with E-state index in [-0.39, 0.29) is 18.5 Å². The molecule has 0 saturated heterocycles. The van der Waals surface area contributed by atoms with Gasteiger partial charge in [-0.15, -0.1) is 0 Å². The van der Waals surface area contributed by atoms with Crippen molar-refractivity contribution >= 4 is 36.0 Å². The number of imidazole rings is 1. The fourth-order valence-corrected chi connectivity index (χ4v) is 7.15. The minimum Gasteiger partial charge on any atom is -0.369 e. The van der Waals surface area contributed by atoms with E-state index in [1.165, 1.54) is 0 Å². The summed E-state index contributed by atoms with van der Waals surface area (Å²) in [6, 6.07) is 4.60. The summed E-state index contributed by atoms with van der Waals surface area (Å²) in [5.41, 5.74) is 4.66. The van der Waals surface area contributed by atoms with Crippen molar-refractivity contribution in [2.45, 2.75) is 122 Å². The third-order valence-electron chi connectivity index (χ3n) is 8.90. The van der Waals surface area contributed by atoms with Crippen LogP contribution in [0.4, 0.5) is 26.3 Å². The van der Waals surface area contributed by atoms with Crippen LogP contribution < -0.4 is 10.5 Å². The van der Waals surface area contributed by atoms with Crippen molar-refractivity contribution in [3.63, 3.8) is 0 Å². The molecule has 0 spiro atoms. The number of carbonyl (C=O) groups excluding carboxylic acids is 1. The first-order valence-corrected chi connectivity index (χ1v) is 20.8. The highest BCUT2D eigenvalue weighted by atomic mass is 32.2. The zero-order chi connectivity index (χ0) is 35.9.